The minimum Gasteiger partial charge on any atom is -0.504 e. The van der Waals surface area contributed by atoms with Crippen molar-refractivity contribution in [1.29, 1.82) is 0 Å². The van der Waals surface area contributed by atoms with Crippen molar-refractivity contribution >= 4 is 5.71 Å². The minimum atomic E-state index is -0.129. The molecule has 0 aliphatic rings. The molecule has 0 saturated carbocycles. The van der Waals surface area contributed by atoms with Crippen molar-refractivity contribution < 1.29 is 15.1 Å². The molecule has 19 heavy (non-hydrogen) atoms. The Morgan fingerprint density at radius 1 is 1.11 bits per heavy atom. The van der Waals surface area contributed by atoms with E-state index in [0.717, 1.165) is 30.5 Å². The molecule has 0 aromatic heterocycles. The fourth-order valence-corrected chi connectivity index (χ4v) is 1.81. The summed E-state index contributed by atoms with van der Waals surface area (Å²) >= 11 is 0. The third-order valence-electron chi connectivity index (χ3n) is 2.88. The minimum absolute atomic E-state index is 0.120. The Morgan fingerprint density at radius 3 is 2.53 bits per heavy atom. The summed E-state index contributed by atoms with van der Waals surface area (Å²) in [5.41, 5.74) is 1.61. The first kappa shape index (κ1) is 15.3. The lowest BCUT2D eigenvalue weighted by Gasteiger charge is -2.08. The van der Waals surface area contributed by atoms with E-state index in [1.807, 2.05) is 6.92 Å². The SMILES string of the molecule is CCCCCC/C(=N/OCC)c1ccc(O)c(O)c1. The maximum Gasteiger partial charge on any atom is 0.158 e. The van der Waals surface area contributed by atoms with E-state index >= 15 is 0 Å². The van der Waals surface area contributed by atoms with Crippen LogP contribution in [0, 0.1) is 0 Å². The molecule has 0 spiro atoms. The predicted octanol–water partition coefficient (Wildman–Crippen LogP) is 3.81. The third-order valence-corrected chi connectivity index (χ3v) is 2.88. The van der Waals surface area contributed by atoms with Crippen molar-refractivity contribution in [3.8, 4) is 11.5 Å². The Kier molecular flexibility index (Phi) is 6.79. The molecule has 0 heterocycles. The van der Waals surface area contributed by atoms with Gasteiger partial charge in [-0.25, -0.2) is 0 Å². The monoisotopic (exact) mass is 265 g/mol. The van der Waals surface area contributed by atoms with E-state index in [-0.39, 0.29) is 11.5 Å². The second-order valence-corrected chi connectivity index (χ2v) is 4.47. The number of phenols is 2. The van der Waals surface area contributed by atoms with E-state index in [2.05, 4.69) is 12.1 Å². The van der Waals surface area contributed by atoms with Crippen LogP contribution in [0.1, 0.15) is 51.5 Å². The van der Waals surface area contributed by atoms with Crippen molar-refractivity contribution in [3.63, 3.8) is 0 Å². The van der Waals surface area contributed by atoms with Gasteiger partial charge in [-0.05, 0) is 38.0 Å². The lowest BCUT2D eigenvalue weighted by Crippen LogP contribution is -2.02. The summed E-state index contributed by atoms with van der Waals surface area (Å²) in [6.07, 6.45) is 5.41. The topological polar surface area (TPSA) is 62.0 Å². The van der Waals surface area contributed by atoms with Crippen LogP contribution in [0.4, 0.5) is 0 Å². The number of rotatable bonds is 8. The molecular formula is C15H23NO3. The quantitative estimate of drug-likeness (QED) is 0.325. The van der Waals surface area contributed by atoms with Crippen LogP contribution in [0.3, 0.4) is 0 Å². The van der Waals surface area contributed by atoms with Crippen LogP contribution in [-0.4, -0.2) is 22.5 Å². The third kappa shape index (κ3) is 5.20. The van der Waals surface area contributed by atoms with Gasteiger partial charge in [0.05, 0.1) is 5.71 Å². The van der Waals surface area contributed by atoms with Gasteiger partial charge in [-0.3, -0.25) is 0 Å². The Labute approximate surface area is 114 Å². The first-order valence-electron chi connectivity index (χ1n) is 6.90. The molecule has 1 rings (SSSR count). The van der Waals surface area contributed by atoms with Crippen LogP contribution in [0.25, 0.3) is 0 Å². The predicted molar refractivity (Wildman–Crippen MR) is 76.7 cm³/mol. The van der Waals surface area contributed by atoms with Crippen LogP contribution in [0.2, 0.25) is 0 Å². The van der Waals surface area contributed by atoms with Gasteiger partial charge in [-0.2, -0.15) is 0 Å². The van der Waals surface area contributed by atoms with E-state index in [0.29, 0.717) is 6.61 Å². The normalized spacial score (nSPS) is 11.6. The highest BCUT2D eigenvalue weighted by atomic mass is 16.6. The molecule has 0 radical (unpaired) electrons. The number of aromatic hydroxyl groups is 2. The molecule has 0 unspecified atom stereocenters. The average Bonchev–Trinajstić information content (AvgIpc) is 2.41. The first-order chi connectivity index (χ1) is 9.19. The van der Waals surface area contributed by atoms with Crippen LogP contribution in [-0.2, 0) is 4.84 Å². The molecule has 0 fully saturated rings. The summed E-state index contributed by atoms with van der Waals surface area (Å²) in [5, 5.41) is 23.0. The van der Waals surface area contributed by atoms with Gasteiger partial charge in [0, 0.05) is 5.56 Å². The zero-order chi connectivity index (χ0) is 14.1. The molecule has 0 aliphatic heterocycles. The van der Waals surface area contributed by atoms with E-state index in [1.165, 1.54) is 25.0 Å². The summed E-state index contributed by atoms with van der Waals surface area (Å²) in [6.45, 7) is 4.57. The fourth-order valence-electron chi connectivity index (χ4n) is 1.81. The van der Waals surface area contributed by atoms with Crippen molar-refractivity contribution in [2.75, 3.05) is 6.61 Å². The second kappa shape index (κ2) is 8.40. The Balaban J connectivity index is 2.75. The molecule has 0 saturated heterocycles. The fraction of sp³-hybridized carbons (Fsp3) is 0.533. The van der Waals surface area contributed by atoms with Crippen molar-refractivity contribution in [1.82, 2.24) is 0 Å². The maximum absolute atomic E-state index is 9.54. The summed E-state index contributed by atoms with van der Waals surface area (Å²) in [5.74, 6) is -0.249. The van der Waals surface area contributed by atoms with Gasteiger partial charge in [0.15, 0.2) is 11.5 Å². The van der Waals surface area contributed by atoms with Crippen LogP contribution >= 0.6 is 0 Å². The summed E-state index contributed by atoms with van der Waals surface area (Å²) < 4.78 is 0. The summed E-state index contributed by atoms with van der Waals surface area (Å²) in [4.78, 5) is 5.12. The second-order valence-electron chi connectivity index (χ2n) is 4.47. The van der Waals surface area contributed by atoms with Crippen molar-refractivity contribution in [3.05, 3.63) is 23.8 Å². The zero-order valence-electron chi connectivity index (χ0n) is 11.7. The highest BCUT2D eigenvalue weighted by molar-refractivity contribution is 6.00. The number of phenolic OH excluding ortho intramolecular Hbond substituents is 2. The lowest BCUT2D eigenvalue weighted by molar-refractivity contribution is 0.158. The smallest absolute Gasteiger partial charge is 0.158 e. The Bertz CT molecular complexity index is 416. The van der Waals surface area contributed by atoms with Crippen LogP contribution in [0.5, 0.6) is 11.5 Å². The standard InChI is InChI=1S/C15H23NO3/c1-3-5-6-7-8-13(16-19-4-2)12-9-10-14(17)15(18)11-12/h9-11,17-18H,3-8H2,1-2H3/b16-13-. The molecule has 0 aliphatic carbocycles. The highest BCUT2D eigenvalue weighted by Crippen LogP contribution is 2.26. The van der Waals surface area contributed by atoms with Gasteiger partial charge in [0.25, 0.3) is 0 Å². The molecule has 4 nitrogen and oxygen atoms in total. The molecule has 0 bridgehead atoms. The highest BCUT2D eigenvalue weighted by Gasteiger charge is 2.08. The lowest BCUT2D eigenvalue weighted by atomic mass is 10.0. The largest absolute Gasteiger partial charge is 0.504 e. The number of unbranched alkanes of at least 4 members (excludes halogenated alkanes) is 3. The van der Waals surface area contributed by atoms with Gasteiger partial charge >= 0.3 is 0 Å². The van der Waals surface area contributed by atoms with Gasteiger partial charge in [0.2, 0.25) is 0 Å². The number of nitrogens with zero attached hydrogens (tertiary/aromatic N) is 1. The Morgan fingerprint density at radius 2 is 1.89 bits per heavy atom. The number of hydrogen-bond acceptors (Lipinski definition) is 4. The number of benzene rings is 1. The maximum atomic E-state index is 9.54. The van der Waals surface area contributed by atoms with Crippen LogP contribution < -0.4 is 0 Å². The molecule has 0 amide bonds. The van der Waals surface area contributed by atoms with Crippen LogP contribution in [0.15, 0.2) is 23.4 Å². The molecule has 1 aromatic carbocycles. The number of oxime groups is 1. The summed E-state index contributed by atoms with van der Waals surface area (Å²) in [6, 6.07) is 4.73. The Hall–Kier alpha value is -1.71. The van der Waals surface area contributed by atoms with Gasteiger partial charge in [-0.15, -0.1) is 0 Å². The van der Waals surface area contributed by atoms with E-state index in [4.69, 9.17) is 4.84 Å². The number of hydrogen-bond donors (Lipinski definition) is 2. The molecule has 106 valence electrons. The molecule has 4 heteroatoms. The van der Waals surface area contributed by atoms with Gasteiger partial charge in [0.1, 0.15) is 6.61 Å². The van der Waals surface area contributed by atoms with Gasteiger partial charge in [-0.1, -0.05) is 31.3 Å². The zero-order valence-corrected chi connectivity index (χ0v) is 11.7. The van der Waals surface area contributed by atoms with E-state index in [1.54, 1.807) is 6.07 Å². The van der Waals surface area contributed by atoms with Crippen molar-refractivity contribution in [2.45, 2.75) is 46.0 Å². The van der Waals surface area contributed by atoms with E-state index < -0.39 is 0 Å². The van der Waals surface area contributed by atoms with E-state index in [9.17, 15) is 10.2 Å². The van der Waals surface area contributed by atoms with Gasteiger partial charge < -0.3 is 15.1 Å². The summed E-state index contributed by atoms with van der Waals surface area (Å²) in [7, 11) is 0. The molecule has 2 N–H and O–H groups in total. The van der Waals surface area contributed by atoms with Crippen molar-refractivity contribution in [2.24, 2.45) is 5.16 Å². The first-order valence-corrected chi connectivity index (χ1v) is 6.90. The molecule has 1 aromatic rings. The molecular weight excluding hydrogens is 242 g/mol. The average molecular weight is 265 g/mol. The molecule has 0 atom stereocenters.